The Morgan fingerprint density at radius 3 is 3.12 bits per heavy atom. The summed E-state index contributed by atoms with van der Waals surface area (Å²) in [6, 6.07) is 1.88. The van der Waals surface area contributed by atoms with E-state index in [0.717, 1.165) is 25.9 Å². The molecule has 5 nitrogen and oxygen atoms in total. The summed E-state index contributed by atoms with van der Waals surface area (Å²) in [5.41, 5.74) is 0.145. The minimum atomic E-state index is 0.135. The van der Waals surface area contributed by atoms with Gasteiger partial charge >= 0.3 is 0 Å². The summed E-state index contributed by atoms with van der Waals surface area (Å²) in [6.07, 6.45) is 3.61. The van der Waals surface area contributed by atoms with Crippen LogP contribution in [0.25, 0.3) is 0 Å². The summed E-state index contributed by atoms with van der Waals surface area (Å²) < 4.78 is 0. The molecular weight excluding hydrogens is 240 g/mol. The number of piperidine rings is 1. The molecule has 1 aromatic rings. The Kier molecular flexibility index (Phi) is 3.77. The zero-order valence-corrected chi connectivity index (χ0v) is 10.1. The van der Waals surface area contributed by atoms with Crippen molar-refractivity contribution in [3.05, 3.63) is 17.0 Å². The molecule has 2 heterocycles. The fraction of sp³-hybridized carbons (Fsp3) is 0.545. The smallest absolute Gasteiger partial charge is 0.178 e. The molecule has 0 aromatic carbocycles. The van der Waals surface area contributed by atoms with Crippen LogP contribution in [0.5, 0.6) is 0 Å². The average molecular weight is 253 g/mol. The fourth-order valence-corrected chi connectivity index (χ4v) is 2.19. The summed E-state index contributed by atoms with van der Waals surface area (Å²) in [5.74, 6) is 0.951. The molecule has 0 bridgehead atoms. The highest BCUT2D eigenvalue weighted by Gasteiger charge is 2.21. The van der Waals surface area contributed by atoms with E-state index in [0.29, 0.717) is 5.82 Å². The molecule has 0 spiro atoms. The first-order chi connectivity index (χ1) is 8.24. The molecule has 1 fully saturated rings. The van der Waals surface area contributed by atoms with Gasteiger partial charge in [0.05, 0.1) is 6.20 Å². The number of nitrogens with zero attached hydrogens (tertiary/aromatic N) is 4. The summed E-state index contributed by atoms with van der Waals surface area (Å²) in [6.45, 7) is 1.83. The van der Waals surface area contributed by atoms with E-state index in [1.165, 1.54) is 0 Å². The van der Waals surface area contributed by atoms with Crippen LogP contribution in [-0.4, -0.2) is 34.8 Å². The molecule has 1 N–H and O–H groups in total. The largest absolute Gasteiger partial charge is 0.396 e. The minimum absolute atomic E-state index is 0.135. The van der Waals surface area contributed by atoms with Gasteiger partial charge in [0.2, 0.25) is 0 Å². The standard InChI is InChI=1S/C11H13ClN4O/c12-11-9(4-13)14-5-10(15-11)16-3-1-2-8(6-16)7-17/h5,8,17H,1-3,6-7H2. The van der Waals surface area contributed by atoms with Crippen LogP contribution in [0.2, 0.25) is 5.15 Å². The zero-order valence-electron chi connectivity index (χ0n) is 9.30. The molecule has 17 heavy (non-hydrogen) atoms. The molecule has 1 unspecified atom stereocenters. The minimum Gasteiger partial charge on any atom is -0.396 e. The van der Waals surface area contributed by atoms with Crippen molar-refractivity contribution in [2.45, 2.75) is 12.8 Å². The number of nitriles is 1. The summed E-state index contributed by atoms with van der Waals surface area (Å²) in [5, 5.41) is 18.0. The number of halogens is 1. The number of aliphatic hydroxyl groups is 1. The normalized spacial score (nSPS) is 20.1. The van der Waals surface area contributed by atoms with E-state index in [1.54, 1.807) is 6.20 Å². The maximum Gasteiger partial charge on any atom is 0.178 e. The van der Waals surface area contributed by atoms with Crippen LogP contribution in [0.15, 0.2) is 6.20 Å². The highest BCUT2D eigenvalue weighted by molar-refractivity contribution is 6.30. The van der Waals surface area contributed by atoms with Crippen molar-refractivity contribution in [1.29, 1.82) is 5.26 Å². The molecular formula is C11H13ClN4O. The van der Waals surface area contributed by atoms with Crippen molar-refractivity contribution in [3.8, 4) is 6.07 Å². The maximum atomic E-state index is 9.16. The van der Waals surface area contributed by atoms with Crippen molar-refractivity contribution in [1.82, 2.24) is 9.97 Å². The van der Waals surface area contributed by atoms with Crippen molar-refractivity contribution in [3.63, 3.8) is 0 Å². The zero-order chi connectivity index (χ0) is 12.3. The Balaban J connectivity index is 2.17. The van der Waals surface area contributed by atoms with Gasteiger partial charge in [-0.3, -0.25) is 0 Å². The fourth-order valence-electron chi connectivity index (χ4n) is 2.01. The number of hydrogen-bond acceptors (Lipinski definition) is 5. The second-order valence-corrected chi connectivity index (χ2v) is 4.47. The Hall–Kier alpha value is -1.38. The second kappa shape index (κ2) is 5.30. The molecule has 0 aliphatic carbocycles. The predicted octanol–water partition coefficient (Wildman–Crippen LogP) is 1.21. The van der Waals surface area contributed by atoms with Gasteiger partial charge in [-0.2, -0.15) is 5.26 Å². The number of aliphatic hydroxyl groups excluding tert-OH is 1. The third-order valence-corrected chi connectivity index (χ3v) is 3.19. The van der Waals surface area contributed by atoms with Gasteiger partial charge in [-0.05, 0) is 18.8 Å². The Morgan fingerprint density at radius 2 is 2.47 bits per heavy atom. The van der Waals surface area contributed by atoms with Crippen LogP contribution >= 0.6 is 11.6 Å². The first kappa shape index (κ1) is 12.1. The Morgan fingerprint density at radius 1 is 1.65 bits per heavy atom. The molecule has 1 saturated heterocycles. The van der Waals surface area contributed by atoms with E-state index in [9.17, 15) is 0 Å². The summed E-state index contributed by atoms with van der Waals surface area (Å²) in [4.78, 5) is 10.2. The van der Waals surface area contributed by atoms with E-state index in [4.69, 9.17) is 22.0 Å². The first-order valence-corrected chi connectivity index (χ1v) is 5.91. The van der Waals surface area contributed by atoms with E-state index < -0.39 is 0 Å². The van der Waals surface area contributed by atoms with E-state index in [1.807, 2.05) is 11.0 Å². The molecule has 0 saturated carbocycles. The van der Waals surface area contributed by atoms with Crippen molar-refractivity contribution >= 4 is 17.4 Å². The second-order valence-electron chi connectivity index (χ2n) is 4.12. The quantitative estimate of drug-likeness (QED) is 0.857. The van der Waals surface area contributed by atoms with Gasteiger partial charge in [-0.1, -0.05) is 11.6 Å². The predicted molar refractivity (Wildman–Crippen MR) is 63.8 cm³/mol. The lowest BCUT2D eigenvalue weighted by Crippen LogP contribution is -2.37. The maximum absolute atomic E-state index is 9.16. The van der Waals surface area contributed by atoms with Gasteiger partial charge in [0.25, 0.3) is 0 Å². The van der Waals surface area contributed by atoms with Crippen LogP contribution in [0.3, 0.4) is 0 Å². The van der Waals surface area contributed by atoms with Gasteiger partial charge in [0.1, 0.15) is 11.9 Å². The molecule has 0 amide bonds. The van der Waals surface area contributed by atoms with Crippen LogP contribution in [-0.2, 0) is 0 Å². The highest BCUT2D eigenvalue weighted by Crippen LogP contribution is 2.22. The van der Waals surface area contributed by atoms with Crippen LogP contribution in [0.4, 0.5) is 5.82 Å². The van der Waals surface area contributed by atoms with Crippen molar-refractivity contribution < 1.29 is 5.11 Å². The van der Waals surface area contributed by atoms with Crippen LogP contribution in [0.1, 0.15) is 18.5 Å². The van der Waals surface area contributed by atoms with Gasteiger partial charge in [-0.25, -0.2) is 9.97 Å². The Labute approximate surface area is 105 Å². The SMILES string of the molecule is N#Cc1ncc(N2CCCC(CO)C2)nc1Cl. The van der Waals surface area contributed by atoms with Crippen molar-refractivity contribution in [2.24, 2.45) is 5.92 Å². The summed E-state index contributed by atoms with van der Waals surface area (Å²) in [7, 11) is 0. The number of anilines is 1. The molecule has 6 heteroatoms. The highest BCUT2D eigenvalue weighted by atomic mass is 35.5. The van der Waals surface area contributed by atoms with Gasteiger partial charge in [-0.15, -0.1) is 0 Å². The van der Waals surface area contributed by atoms with E-state index >= 15 is 0 Å². The van der Waals surface area contributed by atoms with Gasteiger partial charge in [0, 0.05) is 19.7 Å². The van der Waals surface area contributed by atoms with Gasteiger partial charge in [0.15, 0.2) is 10.8 Å². The third kappa shape index (κ3) is 2.65. The van der Waals surface area contributed by atoms with Crippen LogP contribution in [0, 0.1) is 17.2 Å². The monoisotopic (exact) mass is 252 g/mol. The molecule has 1 aliphatic rings. The molecule has 1 aromatic heterocycles. The Bertz CT molecular complexity index is 446. The molecule has 0 radical (unpaired) electrons. The number of rotatable bonds is 2. The average Bonchev–Trinajstić information content (AvgIpc) is 2.38. The van der Waals surface area contributed by atoms with Crippen LogP contribution < -0.4 is 4.90 Å². The third-order valence-electron chi connectivity index (χ3n) is 2.92. The molecule has 90 valence electrons. The topological polar surface area (TPSA) is 73.0 Å². The molecule has 2 rings (SSSR count). The van der Waals surface area contributed by atoms with E-state index in [2.05, 4.69) is 9.97 Å². The number of hydrogen-bond donors (Lipinski definition) is 1. The van der Waals surface area contributed by atoms with E-state index in [-0.39, 0.29) is 23.4 Å². The lowest BCUT2D eigenvalue weighted by molar-refractivity contribution is 0.208. The first-order valence-electron chi connectivity index (χ1n) is 5.53. The lowest BCUT2D eigenvalue weighted by atomic mass is 9.99. The lowest BCUT2D eigenvalue weighted by Gasteiger charge is -2.32. The molecule has 1 aliphatic heterocycles. The summed E-state index contributed by atoms with van der Waals surface area (Å²) >= 11 is 5.85. The van der Waals surface area contributed by atoms with Crippen molar-refractivity contribution in [2.75, 3.05) is 24.6 Å². The van der Waals surface area contributed by atoms with Gasteiger partial charge < -0.3 is 10.0 Å². The molecule has 1 atom stereocenters. The number of aromatic nitrogens is 2.